The molecule has 1 fully saturated rings. The molecule has 0 aromatic carbocycles. The van der Waals surface area contributed by atoms with Crippen molar-refractivity contribution in [3.63, 3.8) is 0 Å². The molecule has 5 nitrogen and oxygen atoms in total. The molecule has 0 bridgehead atoms. The summed E-state index contributed by atoms with van der Waals surface area (Å²) >= 11 is 0. The van der Waals surface area contributed by atoms with E-state index in [-0.39, 0.29) is 11.9 Å². The topological polar surface area (TPSA) is 69.6 Å². The minimum atomic E-state index is -3.12. The normalized spacial score (nSPS) is 21.8. The molecule has 0 spiro atoms. The van der Waals surface area contributed by atoms with Crippen LogP contribution in [0.3, 0.4) is 0 Å². The van der Waals surface area contributed by atoms with E-state index in [2.05, 4.69) is 5.32 Å². The maximum Gasteiger partial charge on any atom is 0.218 e. The number of unbranched alkanes of at least 4 members (excludes halogenated alkanes) is 2. The third kappa shape index (κ3) is 3.69. The highest BCUT2D eigenvalue weighted by Gasteiger charge is 2.31. The van der Waals surface area contributed by atoms with Gasteiger partial charge in [0, 0.05) is 26.7 Å². The Hall–Kier alpha value is -0.170. The lowest BCUT2D eigenvalue weighted by atomic mass is 10.2. The number of nitrogens with zero attached hydrogens (tertiary/aromatic N) is 1. The first-order chi connectivity index (χ1) is 7.59. The van der Waals surface area contributed by atoms with E-state index in [0.717, 1.165) is 25.8 Å². The average molecular weight is 250 g/mol. The van der Waals surface area contributed by atoms with Crippen molar-refractivity contribution in [2.45, 2.75) is 30.9 Å². The number of nitrogens with one attached hydrogen (secondary N) is 1. The smallest absolute Gasteiger partial charge is 0.218 e. The van der Waals surface area contributed by atoms with Gasteiger partial charge in [0.25, 0.3) is 0 Å². The van der Waals surface area contributed by atoms with Gasteiger partial charge >= 0.3 is 0 Å². The molecular weight excluding hydrogens is 228 g/mol. The molecule has 6 heteroatoms. The maximum absolute atomic E-state index is 12.0. The second-order valence-electron chi connectivity index (χ2n) is 4.27. The number of aliphatic hydroxyl groups is 1. The fourth-order valence-electron chi connectivity index (χ4n) is 1.89. The summed E-state index contributed by atoms with van der Waals surface area (Å²) in [7, 11) is -1.47. The largest absolute Gasteiger partial charge is 0.396 e. The van der Waals surface area contributed by atoms with Crippen molar-refractivity contribution < 1.29 is 13.5 Å². The zero-order chi connectivity index (χ0) is 12.0. The van der Waals surface area contributed by atoms with Crippen molar-refractivity contribution in [1.82, 2.24) is 9.62 Å². The Bertz CT molecular complexity index is 286. The van der Waals surface area contributed by atoms with Crippen molar-refractivity contribution in [2.75, 3.05) is 33.3 Å². The van der Waals surface area contributed by atoms with Gasteiger partial charge in [0.15, 0.2) is 0 Å². The van der Waals surface area contributed by atoms with E-state index in [1.165, 1.54) is 4.31 Å². The number of hydrogen-bond acceptors (Lipinski definition) is 4. The molecule has 96 valence electrons. The summed E-state index contributed by atoms with van der Waals surface area (Å²) in [6.45, 7) is 2.10. The van der Waals surface area contributed by atoms with Crippen LogP contribution in [0.1, 0.15) is 25.7 Å². The highest BCUT2D eigenvalue weighted by Crippen LogP contribution is 2.14. The zero-order valence-electron chi connectivity index (χ0n) is 9.85. The van der Waals surface area contributed by atoms with Gasteiger partial charge in [-0.3, -0.25) is 0 Å². The first-order valence-electron chi connectivity index (χ1n) is 5.85. The fourth-order valence-corrected chi connectivity index (χ4v) is 3.52. The Labute approximate surface area is 97.9 Å². The molecule has 1 aliphatic rings. The number of hydrogen-bond donors (Lipinski definition) is 2. The van der Waals surface area contributed by atoms with Gasteiger partial charge in [-0.2, -0.15) is 0 Å². The summed E-state index contributed by atoms with van der Waals surface area (Å²) in [5.74, 6) is 0. The molecule has 2 N–H and O–H groups in total. The summed E-state index contributed by atoms with van der Waals surface area (Å²) < 4.78 is 25.5. The van der Waals surface area contributed by atoms with Crippen LogP contribution in [-0.4, -0.2) is 56.4 Å². The van der Waals surface area contributed by atoms with Gasteiger partial charge in [0.05, 0.1) is 5.25 Å². The number of sulfonamides is 1. The molecule has 1 unspecified atom stereocenters. The van der Waals surface area contributed by atoms with Crippen molar-refractivity contribution in [3.05, 3.63) is 0 Å². The second-order valence-corrected chi connectivity index (χ2v) is 6.59. The van der Waals surface area contributed by atoms with Gasteiger partial charge in [-0.05, 0) is 32.2 Å². The molecule has 1 atom stereocenters. The maximum atomic E-state index is 12.0. The van der Waals surface area contributed by atoms with Gasteiger partial charge in [0.1, 0.15) is 0 Å². The molecule has 0 saturated carbocycles. The average Bonchev–Trinajstić information content (AvgIpc) is 2.77. The quantitative estimate of drug-likeness (QED) is 0.613. The van der Waals surface area contributed by atoms with Crippen LogP contribution in [0.2, 0.25) is 0 Å². The SMILES string of the molecule is CN(CCCCCO)S(=O)(=O)C1CCNC1. The van der Waals surface area contributed by atoms with Crippen LogP contribution >= 0.6 is 0 Å². The zero-order valence-corrected chi connectivity index (χ0v) is 10.7. The fraction of sp³-hybridized carbons (Fsp3) is 1.00. The van der Waals surface area contributed by atoms with Gasteiger partial charge in [-0.1, -0.05) is 0 Å². The summed E-state index contributed by atoms with van der Waals surface area (Å²) in [6, 6.07) is 0. The minimum absolute atomic E-state index is 0.184. The van der Waals surface area contributed by atoms with E-state index in [4.69, 9.17) is 5.11 Å². The van der Waals surface area contributed by atoms with Gasteiger partial charge in [0.2, 0.25) is 10.0 Å². The van der Waals surface area contributed by atoms with E-state index in [1.54, 1.807) is 7.05 Å². The molecule has 1 saturated heterocycles. The third-order valence-corrected chi connectivity index (χ3v) is 5.30. The van der Waals surface area contributed by atoms with Gasteiger partial charge < -0.3 is 10.4 Å². The summed E-state index contributed by atoms with van der Waals surface area (Å²) in [5, 5.41) is 11.4. The highest BCUT2D eigenvalue weighted by molar-refractivity contribution is 7.89. The van der Waals surface area contributed by atoms with Crippen molar-refractivity contribution in [2.24, 2.45) is 0 Å². The first-order valence-corrected chi connectivity index (χ1v) is 7.36. The van der Waals surface area contributed by atoms with E-state index in [9.17, 15) is 8.42 Å². The molecule has 0 aliphatic carbocycles. The van der Waals surface area contributed by atoms with E-state index >= 15 is 0 Å². The first kappa shape index (κ1) is 13.9. The van der Waals surface area contributed by atoms with Crippen LogP contribution < -0.4 is 5.32 Å². The predicted molar refractivity (Wildman–Crippen MR) is 63.8 cm³/mol. The minimum Gasteiger partial charge on any atom is -0.396 e. The molecule has 1 rings (SSSR count). The Balaban J connectivity index is 2.36. The lowest BCUT2D eigenvalue weighted by molar-refractivity contribution is 0.281. The summed E-state index contributed by atoms with van der Waals surface area (Å²) in [5.41, 5.74) is 0. The molecule has 1 heterocycles. The second kappa shape index (κ2) is 6.54. The van der Waals surface area contributed by atoms with Crippen molar-refractivity contribution in [3.8, 4) is 0 Å². The van der Waals surface area contributed by atoms with Gasteiger partial charge in [-0.25, -0.2) is 12.7 Å². The van der Waals surface area contributed by atoms with Crippen molar-refractivity contribution >= 4 is 10.0 Å². The highest BCUT2D eigenvalue weighted by atomic mass is 32.2. The van der Waals surface area contributed by atoms with Crippen LogP contribution in [0.4, 0.5) is 0 Å². The summed E-state index contributed by atoms with van der Waals surface area (Å²) in [4.78, 5) is 0. The van der Waals surface area contributed by atoms with Crippen LogP contribution in [0.5, 0.6) is 0 Å². The standard InChI is InChI=1S/C10H22N2O3S/c1-12(7-3-2-4-8-13)16(14,15)10-5-6-11-9-10/h10-11,13H,2-9H2,1H3. The Kier molecular flexibility index (Phi) is 5.68. The van der Waals surface area contributed by atoms with Crippen LogP contribution in [0.15, 0.2) is 0 Å². The predicted octanol–water partition coefficient (Wildman–Crippen LogP) is -0.227. The van der Waals surface area contributed by atoms with E-state index in [1.807, 2.05) is 0 Å². The van der Waals surface area contributed by atoms with Crippen LogP contribution in [-0.2, 0) is 10.0 Å². The van der Waals surface area contributed by atoms with Crippen LogP contribution in [0.25, 0.3) is 0 Å². The monoisotopic (exact) mass is 250 g/mol. The number of aliphatic hydroxyl groups excluding tert-OH is 1. The van der Waals surface area contributed by atoms with Crippen LogP contribution in [0, 0.1) is 0 Å². The molecule has 0 aromatic heterocycles. The molecular formula is C10H22N2O3S. The molecule has 0 radical (unpaired) electrons. The molecule has 0 aromatic rings. The molecule has 16 heavy (non-hydrogen) atoms. The van der Waals surface area contributed by atoms with Gasteiger partial charge in [-0.15, -0.1) is 0 Å². The Morgan fingerprint density at radius 3 is 2.69 bits per heavy atom. The number of rotatable bonds is 7. The third-order valence-electron chi connectivity index (χ3n) is 3.00. The Morgan fingerprint density at radius 2 is 2.12 bits per heavy atom. The molecule has 1 aliphatic heterocycles. The van der Waals surface area contributed by atoms with E-state index < -0.39 is 10.0 Å². The molecule has 0 amide bonds. The van der Waals surface area contributed by atoms with E-state index in [0.29, 0.717) is 19.5 Å². The lowest BCUT2D eigenvalue weighted by Gasteiger charge is -2.20. The Morgan fingerprint density at radius 1 is 1.38 bits per heavy atom. The van der Waals surface area contributed by atoms with Crippen molar-refractivity contribution in [1.29, 1.82) is 0 Å². The lowest BCUT2D eigenvalue weighted by Crippen LogP contribution is -2.37. The summed E-state index contributed by atoms with van der Waals surface area (Å²) in [6.07, 6.45) is 3.15.